The maximum atomic E-state index is 12.3. The van der Waals surface area contributed by atoms with Crippen LogP contribution in [0.2, 0.25) is 0 Å². The van der Waals surface area contributed by atoms with Gasteiger partial charge in [0.15, 0.2) is 5.78 Å². The summed E-state index contributed by atoms with van der Waals surface area (Å²) in [4.78, 5) is 12.3. The lowest BCUT2D eigenvalue weighted by Gasteiger charge is -2.04. The van der Waals surface area contributed by atoms with Gasteiger partial charge in [0, 0.05) is 5.56 Å². The molecule has 3 heteroatoms. The zero-order chi connectivity index (χ0) is 15.9. The fraction of sp³-hybridized carbons (Fsp3) is 0.105. The molecule has 22 heavy (non-hydrogen) atoms. The quantitative estimate of drug-likeness (QED) is 0.492. The van der Waals surface area contributed by atoms with Crippen molar-refractivity contribution >= 4 is 11.9 Å². The number of Topliss-reactive ketones (excluding diaryl/α,β-unsaturated/α-hetero) is 1. The van der Waals surface area contributed by atoms with E-state index in [0.717, 1.165) is 11.3 Å². The molecular weight excluding hydrogens is 276 g/mol. The zero-order valence-corrected chi connectivity index (χ0v) is 12.5. The number of phenolic OH excluding ortho intramolecular Hbond substituents is 1. The van der Waals surface area contributed by atoms with Gasteiger partial charge >= 0.3 is 0 Å². The number of aromatic hydroxyl groups is 1. The third kappa shape index (κ3) is 4.09. The lowest BCUT2D eigenvalue weighted by Crippen LogP contribution is -2.00. The van der Waals surface area contributed by atoms with Gasteiger partial charge in [-0.3, -0.25) is 4.79 Å². The second-order valence-electron chi connectivity index (χ2n) is 4.87. The topological polar surface area (TPSA) is 46.5 Å². The molecule has 0 atom stereocenters. The fourth-order valence-corrected chi connectivity index (χ4v) is 1.97. The summed E-state index contributed by atoms with van der Waals surface area (Å²) in [7, 11) is 0. The van der Waals surface area contributed by atoms with E-state index in [9.17, 15) is 9.90 Å². The Morgan fingerprint density at radius 1 is 1.14 bits per heavy atom. The van der Waals surface area contributed by atoms with Crippen molar-refractivity contribution in [2.75, 3.05) is 6.61 Å². The van der Waals surface area contributed by atoms with Gasteiger partial charge in [0.2, 0.25) is 0 Å². The van der Waals surface area contributed by atoms with Crippen molar-refractivity contribution in [3.63, 3.8) is 0 Å². The number of allylic oxidation sites excluding steroid dienone is 1. The van der Waals surface area contributed by atoms with Gasteiger partial charge in [-0.1, -0.05) is 24.8 Å². The Bertz CT molecular complexity index is 680. The largest absolute Gasteiger partial charge is 0.508 e. The molecule has 0 aliphatic carbocycles. The molecule has 2 aromatic rings. The first-order valence-corrected chi connectivity index (χ1v) is 6.96. The van der Waals surface area contributed by atoms with Gasteiger partial charge < -0.3 is 9.84 Å². The van der Waals surface area contributed by atoms with Crippen LogP contribution in [0.25, 0.3) is 6.08 Å². The summed E-state index contributed by atoms with van der Waals surface area (Å²) < 4.78 is 5.41. The van der Waals surface area contributed by atoms with E-state index in [0.29, 0.717) is 17.7 Å². The summed E-state index contributed by atoms with van der Waals surface area (Å²) in [5.41, 5.74) is 2.11. The Labute approximate surface area is 130 Å². The van der Waals surface area contributed by atoms with E-state index in [1.54, 1.807) is 25.1 Å². The average Bonchev–Trinajstić information content (AvgIpc) is 2.54. The number of rotatable bonds is 6. The first kappa shape index (κ1) is 15.6. The Morgan fingerprint density at radius 3 is 2.36 bits per heavy atom. The van der Waals surface area contributed by atoms with E-state index in [2.05, 4.69) is 6.58 Å². The molecule has 2 aromatic carbocycles. The van der Waals surface area contributed by atoms with Gasteiger partial charge in [0.05, 0.1) is 0 Å². The van der Waals surface area contributed by atoms with Crippen LogP contribution in [-0.4, -0.2) is 17.5 Å². The van der Waals surface area contributed by atoms with Crippen LogP contribution in [0.5, 0.6) is 11.5 Å². The highest BCUT2D eigenvalue weighted by Crippen LogP contribution is 2.17. The highest BCUT2D eigenvalue weighted by Gasteiger charge is 2.08. The first-order valence-electron chi connectivity index (χ1n) is 6.96. The Balaban J connectivity index is 2.12. The summed E-state index contributed by atoms with van der Waals surface area (Å²) in [6, 6.07) is 13.7. The molecule has 0 aromatic heterocycles. The van der Waals surface area contributed by atoms with Crippen LogP contribution in [0.15, 0.2) is 66.8 Å². The van der Waals surface area contributed by atoms with E-state index in [4.69, 9.17) is 4.74 Å². The first-order chi connectivity index (χ1) is 10.6. The molecule has 0 spiro atoms. The molecule has 1 N–H and O–H groups in total. The molecule has 0 heterocycles. The molecule has 0 bridgehead atoms. The molecule has 0 unspecified atom stereocenters. The lowest BCUT2D eigenvalue weighted by atomic mass is 10.0. The number of carbonyl (C=O) groups excluding carboxylic acids is 1. The van der Waals surface area contributed by atoms with E-state index >= 15 is 0 Å². The number of ether oxygens (including phenoxy) is 1. The number of phenols is 1. The van der Waals surface area contributed by atoms with Gasteiger partial charge in [-0.05, 0) is 60.5 Å². The van der Waals surface area contributed by atoms with Gasteiger partial charge in [-0.2, -0.15) is 0 Å². The summed E-state index contributed by atoms with van der Waals surface area (Å²) in [6.07, 6.45) is 3.51. The lowest BCUT2D eigenvalue weighted by molar-refractivity contribution is 0.103. The van der Waals surface area contributed by atoms with E-state index in [1.807, 2.05) is 30.3 Å². The minimum absolute atomic E-state index is 0.0630. The predicted molar refractivity (Wildman–Crippen MR) is 88.2 cm³/mol. The predicted octanol–water partition coefficient (Wildman–Crippen LogP) is 4.24. The van der Waals surface area contributed by atoms with Crippen LogP contribution >= 0.6 is 0 Å². The second kappa shape index (κ2) is 7.27. The molecular formula is C19H18O3. The van der Waals surface area contributed by atoms with Crippen molar-refractivity contribution in [1.29, 1.82) is 0 Å². The van der Waals surface area contributed by atoms with Crippen LogP contribution in [0.1, 0.15) is 22.8 Å². The third-order valence-electron chi connectivity index (χ3n) is 3.12. The maximum absolute atomic E-state index is 12.3. The monoisotopic (exact) mass is 294 g/mol. The molecule has 0 aliphatic heterocycles. The van der Waals surface area contributed by atoms with E-state index < -0.39 is 0 Å². The zero-order valence-electron chi connectivity index (χ0n) is 12.5. The highest BCUT2D eigenvalue weighted by atomic mass is 16.5. The molecule has 0 amide bonds. The third-order valence-corrected chi connectivity index (χ3v) is 3.12. The fourth-order valence-electron chi connectivity index (χ4n) is 1.97. The standard InChI is InChI=1S/C19H18O3/c1-3-12-22-18-10-4-15(5-11-18)13-14(2)19(21)16-6-8-17(20)9-7-16/h3-11,13,20H,1,12H2,2H3. The van der Waals surface area contributed by atoms with Crippen molar-refractivity contribution in [1.82, 2.24) is 0 Å². The summed E-state index contributed by atoms with van der Waals surface area (Å²) in [5.74, 6) is 0.847. The average molecular weight is 294 g/mol. The Hall–Kier alpha value is -2.81. The summed E-state index contributed by atoms with van der Waals surface area (Å²) in [5, 5.41) is 9.26. The molecule has 0 saturated carbocycles. The molecule has 2 rings (SSSR count). The number of carbonyl (C=O) groups is 1. The maximum Gasteiger partial charge on any atom is 0.188 e. The van der Waals surface area contributed by atoms with Crippen LogP contribution in [-0.2, 0) is 0 Å². The van der Waals surface area contributed by atoms with Crippen molar-refractivity contribution in [3.8, 4) is 11.5 Å². The summed E-state index contributed by atoms with van der Waals surface area (Å²) in [6.45, 7) is 5.84. The minimum Gasteiger partial charge on any atom is -0.508 e. The van der Waals surface area contributed by atoms with Crippen LogP contribution < -0.4 is 4.74 Å². The van der Waals surface area contributed by atoms with Crippen molar-refractivity contribution < 1.29 is 14.6 Å². The Kier molecular flexibility index (Phi) is 5.15. The van der Waals surface area contributed by atoms with Gasteiger partial charge in [0.25, 0.3) is 0 Å². The number of hydrogen-bond donors (Lipinski definition) is 1. The van der Waals surface area contributed by atoms with Crippen LogP contribution in [0, 0.1) is 0 Å². The number of ketones is 1. The van der Waals surface area contributed by atoms with E-state index in [1.165, 1.54) is 12.1 Å². The second-order valence-corrected chi connectivity index (χ2v) is 4.87. The Morgan fingerprint density at radius 2 is 1.77 bits per heavy atom. The van der Waals surface area contributed by atoms with Gasteiger partial charge in [-0.15, -0.1) is 0 Å². The molecule has 0 saturated heterocycles. The van der Waals surface area contributed by atoms with Gasteiger partial charge in [-0.25, -0.2) is 0 Å². The number of benzene rings is 2. The van der Waals surface area contributed by atoms with E-state index in [-0.39, 0.29) is 11.5 Å². The molecule has 3 nitrogen and oxygen atoms in total. The SMILES string of the molecule is C=CCOc1ccc(C=C(C)C(=O)c2ccc(O)cc2)cc1. The number of hydrogen-bond acceptors (Lipinski definition) is 3. The van der Waals surface area contributed by atoms with Gasteiger partial charge in [0.1, 0.15) is 18.1 Å². The molecule has 112 valence electrons. The van der Waals surface area contributed by atoms with Crippen molar-refractivity contribution in [2.24, 2.45) is 0 Å². The van der Waals surface area contributed by atoms with Crippen molar-refractivity contribution in [3.05, 3.63) is 77.9 Å². The van der Waals surface area contributed by atoms with Crippen LogP contribution in [0.3, 0.4) is 0 Å². The van der Waals surface area contributed by atoms with Crippen LogP contribution in [0.4, 0.5) is 0 Å². The summed E-state index contributed by atoms with van der Waals surface area (Å²) >= 11 is 0. The smallest absolute Gasteiger partial charge is 0.188 e. The molecule has 0 aliphatic rings. The highest BCUT2D eigenvalue weighted by molar-refractivity contribution is 6.10. The van der Waals surface area contributed by atoms with Crippen molar-refractivity contribution in [2.45, 2.75) is 6.92 Å². The molecule has 0 fully saturated rings. The normalized spacial score (nSPS) is 11.0. The minimum atomic E-state index is -0.0630. The molecule has 0 radical (unpaired) electrons.